The van der Waals surface area contributed by atoms with Crippen LogP contribution in [0.5, 0.6) is 0 Å². The third-order valence-corrected chi connectivity index (χ3v) is 4.07. The zero-order valence-electron chi connectivity index (χ0n) is 14.3. The van der Waals surface area contributed by atoms with Gasteiger partial charge in [0.25, 0.3) is 0 Å². The van der Waals surface area contributed by atoms with Crippen LogP contribution in [0, 0.1) is 6.92 Å². The SMILES string of the molecule is CCC(=O)N(Cc1ccccc1C)[C@@H](C)C(=O)N[C@H](C)CC. The lowest BCUT2D eigenvalue weighted by Gasteiger charge is -2.29. The molecule has 2 amide bonds. The minimum atomic E-state index is -0.471. The van der Waals surface area contributed by atoms with Crippen molar-refractivity contribution < 1.29 is 9.59 Å². The third kappa shape index (κ3) is 4.86. The lowest BCUT2D eigenvalue weighted by atomic mass is 10.1. The van der Waals surface area contributed by atoms with E-state index in [2.05, 4.69) is 5.32 Å². The summed E-state index contributed by atoms with van der Waals surface area (Å²) in [4.78, 5) is 26.3. The first-order valence-corrected chi connectivity index (χ1v) is 8.05. The maximum atomic E-state index is 12.3. The molecule has 0 aliphatic rings. The van der Waals surface area contributed by atoms with Gasteiger partial charge in [-0.1, -0.05) is 38.1 Å². The van der Waals surface area contributed by atoms with E-state index in [9.17, 15) is 9.59 Å². The Balaban J connectivity index is 2.91. The van der Waals surface area contributed by atoms with E-state index < -0.39 is 6.04 Å². The molecule has 22 heavy (non-hydrogen) atoms. The van der Waals surface area contributed by atoms with Crippen molar-refractivity contribution in [3.05, 3.63) is 35.4 Å². The minimum Gasteiger partial charge on any atom is -0.352 e. The first-order chi connectivity index (χ1) is 10.4. The molecule has 0 spiro atoms. The molecule has 0 heterocycles. The summed E-state index contributed by atoms with van der Waals surface area (Å²) in [7, 11) is 0. The molecule has 0 radical (unpaired) electrons. The van der Waals surface area contributed by atoms with E-state index in [1.54, 1.807) is 11.8 Å². The highest BCUT2D eigenvalue weighted by Gasteiger charge is 2.25. The van der Waals surface area contributed by atoms with Crippen LogP contribution in [0.25, 0.3) is 0 Å². The van der Waals surface area contributed by atoms with Gasteiger partial charge in [0.1, 0.15) is 6.04 Å². The summed E-state index contributed by atoms with van der Waals surface area (Å²) >= 11 is 0. The van der Waals surface area contributed by atoms with E-state index in [0.29, 0.717) is 13.0 Å². The van der Waals surface area contributed by atoms with Gasteiger partial charge in [0.05, 0.1) is 0 Å². The molecule has 0 fully saturated rings. The summed E-state index contributed by atoms with van der Waals surface area (Å²) in [6.07, 6.45) is 1.27. The van der Waals surface area contributed by atoms with Crippen LogP contribution < -0.4 is 5.32 Å². The molecule has 0 aromatic heterocycles. The van der Waals surface area contributed by atoms with Gasteiger partial charge in [-0.25, -0.2) is 0 Å². The van der Waals surface area contributed by atoms with Crippen LogP contribution in [-0.2, 0) is 16.1 Å². The number of nitrogens with one attached hydrogen (secondary N) is 1. The third-order valence-electron chi connectivity index (χ3n) is 4.07. The van der Waals surface area contributed by atoms with Crippen molar-refractivity contribution in [3.63, 3.8) is 0 Å². The minimum absolute atomic E-state index is 0.00458. The second kappa shape index (κ2) is 8.57. The fourth-order valence-electron chi connectivity index (χ4n) is 2.22. The number of carbonyl (C=O) groups excluding carboxylic acids is 2. The molecule has 1 N–H and O–H groups in total. The van der Waals surface area contributed by atoms with Crippen molar-refractivity contribution in [2.75, 3.05) is 0 Å². The second-order valence-electron chi connectivity index (χ2n) is 5.80. The Labute approximate surface area is 133 Å². The maximum Gasteiger partial charge on any atom is 0.242 e. The number of carbonyl (C=O) groups is 2. The molecule has 4 heteroatoms. The van der Waals surface area contributed by atoms with Gasteiger partial charge in [-0.2, -0.15) is 0 Å². The molecule has 0 saturated carbocycles. The Morgan fingerprint density at radius 1 is 1.18 bits per heavy atom. The normalized spacial score (nSPS) is 13.3. The largest absolute Gasteiger partial charge is 0.352 e. The monoisotopic (exact) mass is 304 g/mol. The fourth-order valence-corrected chi connectivity index (χ4v) is 2.22. The summed E-state index contributed by atoms with van der Waals surface area (Å²) in [6, 6.07) is 7.61. The molecule has 1 aromatic carbocycles. The molecule has 0 bridgehead atoms. The van der Waals surface area contributed by atoms with E-state index in [-0.39, 0.29) is 17.9 Å². The van der Waals surface area contributed by atoms with Crippen molar-refractivity contribution in [2.24, 2.45) is 0 Å². The summed E-state index contributed by atoms with van der Waals surface area (Å²) in [5.41, 5.74) is 2.21. The summed E-state index contributed by atoms with van der Waals surface area (Å²) in [5.74, 6) is -0.0974. The zero-order chi connectivity index (χ0) is 16.7. The summed E-state index contributed by atoms with van der Waals surface area (Å²) < 4.78 is 0. The molecule has 0 aliphatic heterocycles. The number of rotatable bonds is 7. The lowest BCUT2D eigenvalue weighted by Crippen LogP contribution is -2.49. The van der Waals surface area contributed by atoms with E-state index in [0.717, 1.165) is 17.5 Å². The van der Waals surface area contributed by atoms with Gasteiger partial charge >= 0.3 is 0 Å². The summed E-state index contributed by atoms with van der Waals surface area (Å²) in [5, 5.41) is 2.96. The highest BCUT2D eigenvalue weighted by atomic mass is 16.2. The molecule has 122 valence electrons. The molecule has 2 atom stereocenters. The van der Waals surface area contributed by atoms with Crippen LogP contribution in [0.1, 0.15) is 51.7 Å². The predicted octanol–water partition coefficient (Wildman–Crippen LogP) is 3.04. The van der Waals surface area contributed by atoms with Crippen LogP contribution in [0.4, 0.5) is 0 Å². The molecular formula is C18H28N2O2. The average Bonchev–Trinajstić information content (AvgIpc) is 2.52. The van der Waals surface area contributed by atoms with Crippen molar-refractivity contribution in [1.29, 1.82) is 0 Å². The lowest BCUT2D eigenvalue weighted by molar-refractivity contribution is -0.140. The molecule has 0 saturated heterocycles. The zero-order valence-corrected chi connectivity index (χ0v) is 14.3. The summed E-state index contributed by atoms with van der Waals surface area (Å²) in [6.45, 7) is 10.1. The van der Waals surface area contributed by atoms with E-state index in [1.165, 1.54) is 0 Å². The topological polar surface area (TPSA) is 49.4 Å². The number of aryl methyl sites for hydroxylation is 1. The van der Waals surface area contributed by atoms with Gasteiger partial charge in [0.15, 0.2) is 0 Å². The first kappa shape index (κ1) is 18.2. The van der Waals surface area contributed by atoms with Gasteiger partial charge in [-0.3, -0.25) is 9.59 Å². The smallest absolute Gasteiger partial charge is 0.242 e. The van der Waals surface area contributed by atoms with E-state index in [4.69, 9.17) is 0 Å². The maximum absolute atomic E-state index is 12.3. The van der Waals surface area contributed by atoms with Crippen molar-refractivity contribution in [3.8, 4) is 0 Å². The van der Waals surface area contributed by atoms with Crippen LogP contribution in [-0.4, -0.2) is 28.8 Å². The van der Waals surface area contributed by atoms with Gasteiger partial charge < -0.3 is 10.2 Å². The van der Waals surface area contributed by atoms with E-state index >= 15 is 0 Å². The predicted molar refractivity (Wildman–Crippen MR) is 89.4 cm³/mol. The average molecular weight is 304 g/mol. The molecule has 0 aliphatic carbocycles. The molecule has 4 nitrogen and oxygen atoms in total. The Kier molecular flexibility index (Phi) is 7.09. The Bertz CT molecular complexity index is 514. The number of hydrogen-bond acceptors (Lipinski definition) is 2. The highest BCUT2D eigenvalue weighted by molar-refractivity contribution is 5.87. The Morgan fingerprint density at radius 2 is 1.82 bits per heavy atom. The number of amides is 2. The van der Waals surface area contributed by atoms with Crippen LogP contribution in [0.15, 0.2) is 24.3 Å². The molecule has 0 unspecified atom stereocenters. The van der Waals surface area contributed by atoms with Crippen LogP contribution in [0.2, 0.25) is 0 Å². The molecule has 1 aromatic rings. The molecule has 1 rings (SSSR count). The highest BCUT2D eigenvalue weighted by Crippen LogP contribution is 2.14. The van der Waals surface area contributed by atoms with Crippen LogP contribution >= 0.6 is 0 Å². The van der Waals surface area contributed by atoms with Gasteiger partial charge in [0, 0.05) is 19.0 Å². The number of nitrogens with zero attached hydrogens (tertiary/aromatic N) is 1. The van der Waals surface area contributed by atoms with Crippen molar-refractivity contribution >= 4 is 11.8 Å². The first-order valence-electron chi connectivity index (χ1n) is 8.05. The van der Waals surface area contributed by atoms with Gasteiger partial charge in [-0.05, 0) is 38.3 Å². The second-order valence-corrected chi connectivity index (χ2v) is 5.80. The quantitative estimate of drug-likeness (QED) is 0.841. The fraction of sp³-hybridized carbons (Fsp3) is 0.556. The standard InChI is InChI=1S/C18H28N2O2/c1-6-14(4)19-18(22)15(5)20(17(21)7-2)12-16-11-9-8-10-13(16)3/h8-11,14-15H,6-7,12H2,1-5H3,(H,19,22)/t14-,15+/m1/s1. The van der Waals surface area contributed by atoms with Gasteiger partial charge in [-0.15, -0.1) is 0 Å². The molecular weight excluding hydrogens is 276 g/mol. The Hall–Kier alpha value is -1.84. The van der Waals surface area contributed by atoms with Crippen molar-refractivity contribution in [1.82, 2.24) is 10.2 Å². The number of benzene rings is 1. The van der Waals surface area contributed by atoms with Crippen molar-refractivity contribution in [2.45, 2.75) is 66.1 Å². The van der Waals surface area contributed by atoms with Gasteiger partial charge in [0.2, 0.25) is 11.8 Å². The van der Waals surface area contributed by atoms with Crippen LogP contribution in [0.3, 0.4) is 0 Å². The number of hydrogen-bond donors (Lipinski definition) is 1. The Morgan fingerprint density at radius 3 is 2.36 bits per heavy atom. The van der Waals surface area contributed by atoms with E-state index in [1.807, 2.05) is 52.0 Å².